The summed E-state index contributed by atoms with van der Waals surface area (Å²) in [4.78, 5) is 22.0. The van der Waals surface area contributed by atoms with Crippen LogP contribution < -0.4 is 10.1 Å². The van der Waals surface area contributed by atoms with E-state index in [1.54, 1.807) is 13.2 Å². The molecular formula is C25H29FN4O2S. The minimum atomic E-state index is -0.304. The molecule has 2 aromatic carbocycles. The molecule has 1 fully saturated rings. The maximum Gasteiger partial charge on any atom is 0.240 e. The number of aromatic nitrogens is 1. The van der Waals surface area contributed by atoms with Crippen molar-refractivity contribution in [1.29, 1.82) is 0 Å². The van der Waals surface area contributed by atoms with Gasteiger partial charge in [-0.2, -0.15) is 0 Å². The van der Waals surface area contributed by atoms with Crippen LogP contribution in [0.2, 0.25) is 0 Å². The molecule has 0 radical (unpaired) electrons. The summed E-state index contributed by atoms with van der Waals surface area (Å²) in [6.45, 7) is 3.61. The van der Waals surface area contributed by atoms with Gasteiger partial charge in [0, 0.05) is 17.5 Å². The second kappa shape index (κ2) is 8.34. The second-order valence-corrected chi connectivity index (χ2v) is 10.5. The Labute approximate surface area is 197 Å². The van der Waals surface area contributed by atoms with Gasteiger partial charge in [0.2, 0.25) is 5.91 Å². The number of thiazole rings is 1. The highest BCUT2D eigenvalue weighted by Crippen LogP contribution is 2.47. The van der Waals surface area contributed by atoms with Crippen molar-refractivity contribution in [3.63, 3.8) is 0 Å². The van der Waals surface area contributed by atoms with Crippen molar-refractivity contribution in [1.82, 2.24) is 14.8 Å². The SMILES string of the molecule is COc1ccc2c(c1)[C@@]1(C)CCN(C)[C@H](C2)[C@@H]1N(C)CC(=O)Nc1nc2ccc(F)cc2s1. The van der Waals surface area contributed by atoms with E-state index >= 15 is 0 Å². The predicted molar refractivity (Wildman–Crippen MR) is 130 cm³/mol. The van der Waals surface area contributed by atoms with Gasteiger partial charge in [-0.1, -0.05) is 24.3 Å². The molecule has 1 amide bonds. The molecule has 3 atom stereocenters. The average molecular weight is 469 g/mol. The van der Waals surface area contributed by atoms with Gasteiger partial charge >= 0.3 is 0 Å². The molecule has 1 saturated heterocycles. The van der Waals surface area contributed by atoms with Gasteiger partial charge in [0.15, 0.2) is 5.13 Å². The van der Waals surface area contributed by atoms with Gasteiger partial charge in [0.25, 0.3) is 0 Å². The monoisotopic (exact) mass is 468 g/mol. The zero-order valence-electron chi connectivity index (χ0n) is 19.4. The van der Waals surface area contributed by atoms with Crippen molar-refractivity contribution in [3.8, 4) is 5.75 Å². The van der Waals surface area contributed by atoms with Gasteiger partial charge in [-0.15, -0.1) is 0 Å². The van der Waals surface area contributed by atoms with Crippen LogP contribution in [0, 0.1) is 5.82 Å². The summed E-state index contributed by atoms with van der Waals surface area (Å²) in [5.74, 6) is 0.457. The van der Waals surface area contributed by atoms with Crippen LogP contribution in [0.25, 0.3) is 10.2 Å². The number of rotatable bonds is 5. The molecule has 33 heavy (non-hydrogen) atoms. The molecule has 0 saturated carbocycles. The van der Waals surface area contributed by atoms with E-state index in [0.717, 1.165) is 29.8 Å². The Morgan fingerprint density at radius 3 is 2.97 bits per heavy atom. The molecule has 1 aliphatic carbocycles. The number of hydrogen-bond donors (Lipinski definition) is 1. The van der Waals surface area contributed by atoms with Crippen LogP contribution in [0.3, 0.4) is 0 Å². The highest BCUT2D eigenvalue weighted by molar-refractivity contribution is 7.22. The zero-order chi connectivity index (χ0) is 23.3. The predicted octanol–water partition coefficient (Wildman–Crippen LogP) is 3.90. The molecule has 3 aromatic rings. The van der Waals surface area contributed by atoms with Crippen molar-refractivity contribution in [3.05, 3.63) is 53.3 Å². The van der Waals surface area contributed by atoms with E-state index in [2.05, 4.69) is 46.2 Å². The number of methoxy groups -OCH3 is 1. The summed E-state index contributed by atoms with van der Waals surface area (Å²) in [6, 6.07) is 11.4. The Balaban J connectivity index is 1.38. The Morgan fingerprint density at radius 2 is 2.18 bits per heavy atom. The molecular weight excluding hydrogens is 439 g/mol. The van der Waals surface area contributed by atoms with Crippen LogP contribution in [0.1, 0.15) is 24.5 Å². The van der Waals surface area contributed by atoms with Gasteiger partial charge in [0.05, 0.1) is 23.9 Å². The van der Waals surface area contributed by atoms with Crippen LogP contribution in [0.4, 0.5) is 9.52 Å². The van der Waals surface area contributed by atoms with Crippen LogP contribution in [-0.2, 0) is 16.6 Å². The Kier molecular flexibility index (Phi) is 5.63. The maximum atomic E-state index is 13.5. The minimum absolute atomic E-state index is 0.0816. The van der Waals surface area contributed by atoms with Gasteiger partial charge in [-0.05, 0) is 74.9 Å². The van der Waals surface area contributed by atoms with Crippen LogP contribution >= 0.6 is 11.3 Å². The summed E-state index contributed by atoms with van der Waals surface area (Å²) in [7, 11) is 5.92. The standard InChI is InChI=1S/C25H29FN4O2S/c1-25-9-10-29(2)20(11-15-5-7-17(32-4)13-18(15)25)23(25)30(3)14-22(31)28-24-27-19-8-6-16(26)12-21(19)33-24/h5-8,12-13,20,23H,9-11,14H2,1-4H3,(H,27,28,31)/t20-,23+,25-/m1/s1. The number of halogens is 1. The van der Waals surface area contributed by atoms with Gasteiger partial charge in [-0.25, -0.2) is 9.37 Å². The number of nitrogens with one attached hydrogen (secondary N) is 1. The van der Waals surface area contributed by atoms with Gasteiger partial charge in [-0.3, -0.25) is 9.69 Å². The Hall–Kier alpha value is -2.55. The molecule has 174 valence electrons. The first kappa shape index (κ1) is 22.3. The van der Waals surface area contributed by atoms with Crippen molar-refractivity contribution >= 4 is 32.6 Å². The quantitative estimate of drug-likeness (QED) is 0.616. The number of carbonyl (C=O) groups excluding carboxylic acids is 1. The van der Waals surface area contributed by atoms with E-state index in [1.807, 2.05) is 13.1 Å². The highest BCUT2D eigenvalue weighted by Gasteiger charge is 2.51. The van der Waals surface area contributed by atoms with Crippen molar-refractivity contribution in [2.24, 2.45) is 0 Å². The topological polar surface area (TPSA) is 57.7 Å². The molecule has 1 aromatic heterocycles. The first-order valence-corrected chi connectivity index (χ1v) is 12.0. The zero-order valence-corrected chi connectivity index (χ0v) is 20.2. The summed E-state index contributed by atoms with van der Waals surface area (Å²) < 4.78 is 19.7. The largest absolute Gasteiger partial charge is 0.497 e. The van der Waals surface area contributed by atoms with Gasteiger partial charge in [0.1, 0.15) is 11.6 Å². The molecule has 1 N–H and O–H groups in total. The second-order valence-electron chi connectivity index (χ2n) is 9.48. The first-order valence-electron chi connectivity index (χ1n) is 11.2. The molecule has 1 aliphatic heterocycles. The lowest BCUT2D eigenvalue weighted by Gasteiger charge is -2.57. The number of anilines is 1. The maximum absolute atomic E-state index is 13.5. The summed E-state index contributed by atoms with van der Waals surface area (Å²) in [6.07, 6.45) is 1.96. The summed E-state index contributed by atoms with van der Waals surface area (Å²) >= 11 is 1.29. The Bertz CT molecular complexity index is 1210. The normalized spacial score (nSPS) is 24.7. The Morgan fingerprint density at radius 1 is 1.36 bits per heavy atom. The first-order chi connectivity index (χ1) is 15.8. The van der Waals surface area contributed by atoms with Gasteiger partial charge < -0.3 is 15.0 Å². The number of ether oxygens (including phenoxy) is 1. The van der Waals surface area contributed by atoms with E-state index in [4.69, 9.17) is 4.74 Å². The van der Waals surface area contributed by atoms with Crippen LogP contribution in [-0.4, -0.2) is 67.1 Å². The molecule has 2 aliphatic rings. The molecule has 0 spiro atoms. The number of amides is 1. The third-order valence-electron chi connectivity index (χ3n) is 7.39. The van der Waals surface area contributed by atoms with E-state index in [1.165, 1.54) is 34.6 Å². The third kappa shape index (κ3) is 3.90. The molecule has 5 rings (SSSR count). The van der Waals surface area contributed by atoms with E-state index in [9.17, 15) is 9.18 Å². The number of carbonyl (C=O) groups is 1. The minimum Gasteiger partial charge on any atom is -0.497 e. The number of benzene rings is 2. The van der Waals surface area contributed by atoms with E-state index in [0.29, 0.717) is 16.7 Å². The summed E-state index contributed by atoms with van der Waals surface area (Å²) in [5, 5.41) is 3.41. The fraction of sp³-hybridized carbons (Fsp3) is 0.440. The molecule has 8 heteroatoms. The number of likely N-dealkylation sites (tertiary alicyclic amines) is 1. The summed E-state index contributed by atoms with van der Waals surface area (Å²) in [5.41, 5.74) is 3.30. The van der Waals surface area contributed by atoms with Crippen molar-refractivity contribution in [2.75, 3.05) is 39.6 Å². The van der Waals surface area contributed by atoms with E-state index < -0.39 is 0 Å². The number of nitrogens with zero attached hydrogens (tertiary/aromatic N) is 3. The molecule has 0 unspecified atom stereocenters. The van der Waals surface area contributed by atoms with Crippen molar-refractivity contribution in [2.45, 2.75) is 37.3 Å². The lowest BCUT2D eigenvalue weighted by Crippen LogP contribution is -2.67. The number of piperidine rings is 1. The lowest BCUT2D eigenvalue weighted by molar-refractivity contribution is -0.118. The molecule has 6 nitrogen and oxygen atoms in total. The number of hydrogen-bond acceptors (Lipinski definition) is 6. The fourth-order valence-corrected chi connectivity index (χ4v) is 6.69. The third-order valence-corrected chi connectivity index (χ3v) is 8.33. The average Bonchev–Trinajstić information content (AvgIpc) is 3.17. The van der Waals surface area contributed by atoms with Crippen molar-refractivity contribution < 1.29 is 13.9 Å². The number of fused-ring (bicyclic) bond motifs is 5. The molecule has 2 heterocycles. The van der Waals surface area contributed by atoms with E-state index in [-0.39, 0.29) is 29.7 Å². The molecule has 2 bridgehead atoms. The number of likely N-dealkylation sites (N-methyl/N-ethyl adjacent to an activating group) is 2. The fourth-order valence-electron chi connectivity index (χ4n) is 5.78. The van der Waals surface area contributed by atoms with Crippen LogP contribution in [0.15, 0.2) is 36.4 Å². The highest BCUT2D eigenvalue weighted by atomic mass is 32.1. The van der Waals surface area contributed by atoms with Crippen LogP contribution in [0.5, 0.6) is 5.75 Å². The smallest absolute Gasteiger partial charge is 0.240 e. The lowest BCUT2D eigenvalue weighted by atomic mass is 9.61.